The van der Waals surface area contributed by atoms with Gasteiger partial charge in [-0.15, -0.1) is 0 Å². The van der Waals surface area contributed by atoms with Crippen LogP contribution in [-0.2, 0) is 27.9 Å². The second-order valence-electron chi connectivity index (χ2n) is 12.9. The number of ether oxygens (including phenoxy) is 1. The molecule has 0 fully saturated rings. The van der Waals surface area contributed by atoms with Crippen molar-refractivity contribution < 1.29 is 37.9 Å². The summed E-state index contributed by atoms with van der Waals surface area (Å²) in [7, 11) is -4.41. The highest BCUT2D eigenvalue weighted by Gasteiger charge is 2.23. The van der Waals surface area contributed by atoms with Crippen LogP contribution in [0.1, 0.15) is 174 Å². The number of phosphoric acid groups is 1. The van der Waals surface area contributed by atoms with Crippen molar-refractivity contribution in [3.63, 3.8) is 0 Å². The Morgan fingerprint density at radius 1 is 0.625 bits per heavy atom. The highest BCUT2D eigenvalue weighted by atomic mass is 31.2. The molecule has 0 aromatic heterocycles. The van der Waals surface area contributed by atoms with E-state index in [2.05, 4.69) is 43.5 Å². The van der Waals surface area contributed by atoms with Crippen molar-refractivity contribution in [2.24, 2.45) is 0 Å². The fraction of sp³-hybridized carbons (Fsp3) is 0.842. The van der Waals surface area contributed by atoms with E-state index >= 15 is 0 Å². The molecule has 0 spiro atoms. The van der Waals surface area contributed by atoms with E-state index in [0.717, 1.165) is 57.8 Å². The Hall–Kier alpha value is -1.51. The van der Waals surface area contributed by atoms with Crippen LogP contribution in [0.4, 0.5) is 0 Å². The van der Waals surface area contributed by atoms with Gasteiger partial charge in [-0.05, 0) is 57.8 Å². The van der Waals surface area contributed by atoms with E-state index in [1.165, 1.54) is 89.9 Å². The Balaban J connectivity index is 3.62. The third kappa shape index (κ3) is 35.8. The van der Waals surface area contributed by atoms with Crippen LogP contribution in [0.5, 0.6) is 0 Å². The lowest BCUT2D eigenvalue weighted by Crippen LogP contribution is -2.27. The van der Waals surface area contributed by atoms with Crippen molar-refractivity contribution >= 4 is 19.7 Å². The third-order valence-electron chi connectivity index (χ3n) is 8.08. The maximum atomic E-state index is 12.0. The monoisotopic (exact) mass is 701 g/mol. The molecule has 0 radical (unpaired) electrons. The molecule has 0 heterocycles. The zero-order chi connectivity index (χ0) is 35.4. The number of allylic oxidation sites excluding steroid dienone is 4. The van der Waals surface area contributed by atoms with E-state index in [1.54, 1.807) is 0 Å². The van der Waals surface area contributed by atoms with Crippen LogP contribution in [0.15, 0.2) is 24.3 Å². The number of hydrogen-bond acceptors (Lipinski definition) is 7. The van der Waals surface area contributed by atoms with Gasteiger partial charge in [-0.2, -0.15) is 0 Å². The standard InChI is InChI=1S/C38H72NO8P/c1-3-5-7-9-11-13-15-16-17-18-19-20-21-23-25-27-29-31-38(42)45-34-36(40)35-47-48(43,44)46-33-32-39-37(41)30-28-26-24-22-14-12-10-8-6-4-2/h8,10,16-17,36,40H,3-7,9,11-15,18-35H2,1-2H3,(H,39,41)(H,43,44)/b10-8-,17-16-. The van der Waals surface area contributed by atoms with E-state index < -0.39 is 26.5 Å². The van der Waals surface area contributed by atoms with Gasteiger partial charge >= 0.3 is 13.8 Å². The molecular weight excluding hydrogens is 629 g/mol. The number of esters is 1. The predicted molar refractivity (Wildman–Crippen MR) is 197 cm³/mol. The number of rotatable bonds is 36. The highest BCUT2D eigenvalue weighted by molar-refractivity contribution is 7.47. The number of carbonyl (C=O) groups excluding carboxylic acids is 2. The van der Waals surface area contributed by atoms with E-state index in [0.29, 0.717) is 6.42 Å². The summed E-state index contributed by atoms with van der Waals surface area (Å²) in [5.74, 6) is -0.532. The summed E-state index contributed by atoms with van der Waals surface area (Å²) in [6.07, 6.45) is 35.4. The number of carbonyl (C=O) groups is 2. The summed E-state index contributed by atoms with van der Waals surface area (Å²) in [5, 5.41) is 12.6. The van der Waals surface area contributed by atoms with Crippen molar-refractivity contribution in [1.29, 1.82) is 0 Å². The first-order valence-electron chi connectivity index (χ1n) is 19.3. The van der Waals surface area contributed by atoms with Gasteiger partial charge in [0.2, 0.25) is 5.91 Å². The number of nitrogens with one attached hydrogen (secondary N) is 1. The molecule has 10 heteroatoms. The van der Waals surface area contributed by atoms with Crippen molar-refractivity contribution in [3.8, 4) is 0 Å². The van der Waals surface area contributed by atoms with Gasteiger partial charge in [0.05, 0.1) is 13.2 Å². The topological polar surface area (TPSA) is 131 Å². The van der Waals surface area contributed by atoms with Crippen LogP contribution in [0.25, 0.3) is 0 Å². The molecule has 0 saturated carbocycles. The van der Waals surface area contributed by atoms with Gasteiger partial charge in [-0.25, -0.2) is 4.57 Å². The summed E-state index contributed by atoms with van der Waals surface area (Å²) < 4.78 is 26.7. The largest absolute Gasteiger partial charge is 0.472 e. The number of amides is 1. The molecule has 0 bridgehead atoms. The zero-order valence-corrected chi connectivity index (χ0v) is 31.6. The van der Waals surface area contributed by atoms with Crippen LogP contribution in [0, 0.1) is 0 Å². The van der Waals surface area contributed by atoms with Gasteiger partial charge in [-0.3, -0.25) is 18.6 Å². The van der Waals surface area contributed by atoms with E-state index in [-0.39, 0.29) is 32.1 Å². The van der Waals surface area contributed by atoms with Crippen molar-refractivity contribution in [3.05, 3.63) is 24.3 Å². The Morgan fingerprint density at radius 3 is 1.65 bits per heavy atom. The fourth-order valence-corrected chi connectivity index (χ4v) is 5.90. The smallest absolute Gasteiger partial charge is 0.463 e. The van der Waals surface area contributed by atoms with Crippen molar-refractivity contribution in [2.75, 3.05) is 26.4 Å². The molecule has 0 rings (SSSR count). The summed E-state index contributed by atoms with van der Waals surface area (Å²) in [6, 6.07) is 0. The predicted octanol–water partition coefficient (Wildman–Crippen LogP) is 10.0. The lowest BCUT2D eigenvalue weighted by Gasteiger charge is -2.15. The van der Waals surface area contributed by atoms with Gasteiger partial charge in [0.1, 0.15) is 12.7 Å². The number of hydrogen-bond donors (Lipinski definition) is 3. The third-order valence-corrected chi connectivity index (χ3v) is 9.07. The quantitative estimate of drug-likeness (QED) is 0.0255. The van der Waals surface area contributed by atoms with E-state index in [4.69, 9.17) is 13.8 Å². The Bertz CT molecular complexity index is 851. The first kappa shape index (κ1) is 46.5. The molecule has 0 aliphatic carbocycles. The van der Waals surface area contributed by atoms with E-state index in [1.807, 2.05) is 0 Å². The molecule has 2 unspecified atom stereocenters. The SMILES string of the molecule is CCC/C=C\CCCCCCCC(=O)NCCOP(=O)(O)OCC(O)COC(=O)CCCCCCCCC/C=C\CCCCCCCC. The Kier molecular flexibility index (Phi) is 34.2. The molecule has 0 aromatic rings. The number of phosphoric ester groups is 1. The lowest BCUT2D eigenvalue weighted by molar-refractivity contribution is -0.147. The van der Waals surface area contributed by atoms with Crippen LogP contribution in [0.3, 0.4) is 0 Å². The van der Waals surface area contributed by atoms with Crippen molar-refractivity contribution in [2.45, 2.75) is 180 Å². The normalized spacial score (nSPS) is 13.7. The molecule has 0 aliphatic heterocycles. The number of aliphatic hydroxyl groups excluding tert-OH is 1. The van der Waals surface area contributed by atoms with Crippen LogP contribution in [0.2, 0.25) is 0 Å². The minimum Gasteiger partial charge on any atom is -0.463 e. The maximum absolute atomic E-state index is 12.0. The van der Waals surface area contributed by atoms with Crippen molar-refractivity contribution in [1.82, 2.24) is 5.32 Å². The van der Waals surface area contributed by atoms with Crippen LogP contribution >= 0.6 is 7.82 Å². The summed E-state index contributed by atoms with van der Waals surface area (Å²) in [4.78, 5) is 33.7. The minimum absolute atomic E-state index is 0.0774. The van der Waals surface area contributed by atoms with Gasteiger partial charge in [0.15, 0.2) is 0 Å². The minimum atomic E-state index is -4.41. The maximum Gasteiger partial charge on any atom is 0.472 e. The molecule has 0 aromatic carbocycles. The molecule has 48 heavy (non-hydrogen) atoms. The molecule has 282 valence electrons. The van der Waals surface area contributed by atoms with Gasteiger partial charge in [0.25, 0.3) is 0 Å². The summed E-state index contributed by atoms with van der Waals surface area (Å²) in [5.41, 5.74) is 0. The molecular formula is C38H72NO8P. The molecule has 3 N–H and O–H groups in total. The fourth-order valence-electron chi connectivity index (χ4n) is 5.14. The van der Waals surface area contributed by atoms with E-state index in [9.17, 15) is 24.2 Å². The lowest BCUT2D eigenvalue weighted by atomic mass is 10.1. The highest BCUT2D eigenvalue weighted by Crippen LogP contribution is 2.42. The number of aliphatic hydroxyl groups is 1. The Morgan fingerprint density at radius 2 is 1.10 bits per heavy atom. The molecule has 0 saturated heterocycles. The second-order valence-corrected chi connectivity index (χ2v) is 14.3. The molecule has 1 amide bonds. The van der Waals surface area contributed by atoms with Gasteiger partial charge in [-0.1, -0.05) is 128 Å². The Labute approximate surface area is 293 Å². The van der Waals surface area contributed by atoms with Gasteiger partial charge in [0, 0.05) is 19.4 Å². The average molecular weight is 702 g/mol. The second kappa shape index (κ2) is 35.3. The summed E-state index contributed by atoms with van der Waals surface area (Å²) in [6.45, 7) is 3.46. The first-order chi connectivity index (χ1) is 23.3. The first-order valence-corrected chi connectivity index (χ1v) is 20.8. The average Bonchev–Trinajstić information content (AvgIpc) is 3.07. The molecule has 9 nitrogen and oxygen atoms in total. The van der Waals surface area contributed by atoms with Crippen LogP contribution < -0.4 is 5.32 Å². The van der Waals surface area contributed by atoms with Gasteiger partial charge < -0.3 is 20.1 Å². The summed E-state index contributed by atoms with van der Waals surface area (Å²) >= 11 is 0. The van der Waals surface area contributed by atoms with Crippen LogP contribution in [-0.4, -0.2) is 54.3 Å². The molecule has 0 aliphatic rings. The molecule has 2 atom stereocenters. The zero-order valence-electron chi connectivity index (χ0n) is 30.7. The number of unbranched alkanes of at least 4 members (excludes halogenated alkanes) is 19.